The van der Waals surface area contributed by atoms with Gasteiger partial charge in [-0.25, -0.2) is 0 Å². The molecule has 0 aliphatic carbocycles. The van der Waals surface area contributed by atoms with Gasteiger partial charge in [-0.1, -0.05) is 0 Å². The first kappa shape index (κ1) is 13.0. The Labute approximate surface area is 100 Å². The maximum Gasteiger partial charge on any atom is 0.324 e. The molecule has 7 nitrogen and oxygen atoms in total. The van der Waals surface area contributed by atoms with Gasteiger partial charge in [0.15, 0.2) is 0 Å². The Hall–Kier alpha value is -2.10. The van der Waals surface area contributed by atoms with Crippen molar-refractivity contribution >= 4 is 5.95 Å². The molecule has 0 amide bonds. The molecule has 1 aromatic rings. The fourth-order valence-corrected chi connectivity index (χ4v) is 1.13. The molecule has 1 atom stereocenters. The molecule has 0 aromatic carbocycles. The van der Waals surface area contributed by atoms with Crippen molar-refractivity contribution in [2.45, 2.75) is 19.4 Å². The quantitative estimate of drug-likeness (QED) is 0.742. The van der Waals surface area contributed by atoms with Gasteiger partial charge in [0.1, 0.15) is 0 Å². The minimum atomic E-state index is -0.00295. The fraction of sp³-hybridized carbons (Fsp3) is 0.600. The average molecular weight is 237 g/mol. The molecule has 0 bridgehead atoms. The second-order valence-electron chi connectivity index (χ2n) is 3.43. The lowest BCUT2D eigenvalue weighted by Gasteiger charge is -2.22. The SMILES string of the molecule is COc1nc(OC)nc(N(C)C(C)CC#N)n1. The summed E-state index contributed by atoms with van der Waals surface area (Å²) in [5, 5.41) is 8.65. The van der Waals surface area contributed by atoms with Gasteiger partial charge in [0.25, 0.3) is 0 Å². The Kier molecular flexibility index (Phi) is 4.46. The van der Waals surface area contributed by atoms with Gasteiger partial charge in [0.2, 0.25) is 5.95 Å². The standard InChI is InChI=1S/C10H15N5O2/c1-7(5-6-11)15(2)8-12-9(16-3)14-10(13-8)17-4/h7H,5H2,1-4H3. The zero-order valence-electron chi connectivity index (χ0n) is 10.3. The summed E-state index contributed by atoms with van der Waals surface area (Å²) in [6, 6.07) is 2.46. The normalized spacial score (nSPS) is 11.5. The largest absolute Gasteiger partial charge is 0.467 e. The Balaban J connectivity index is 3.00. The van der Waals surface area contributed by atoms with Gasteiger partial charge in [-0.05, 0) is 6.92 Å². The monoisotopic (exact) mass is 237 g/mol. The van der Waals surface area contributed by atoms with Crippen molar-refractivity contribution in [3.63, 3.8) is 0 Å². The molecule has 17 heavy (non-hydrogen) atoms. The molecule has 0 spiro atoms. The minimum absolute atomic E-state index is 0.00295. The number of hydrogen-bond donors (Lipinski definition) is 0. The zero-order valence-corrected chi connectivity index (χ0v) is 10.3. The van der Waals surface area contributed by atoms with Crippen LogP contribution in [0.2, 0.25) is 0 Å². The highest BCUT2D eigenvalue weighted by atomic mass is 16.5. The minimum Gasteiger partial charge on any atom is -0.467 e. The number of hydrogen-bond acceptors (Lipinski definition) is 7. The maximum atomic E-state index is 8.65. The van der Waals surface area contributed by atoms with Crippen LogP contribution in [0.15, 0.2) is 0 Å². The van der Waals surface area contributed by atoms with Crippen LogP contribution >= 0.6 is 0 Å². The Bertz CT molecular complexity index is 395. The van der Waals surface area contributed by atoms with Crippen molar-refractivity contribution in [3.05, 3.63) is 0 Å². The lowest BCUT2D eigenvalue weighted by atomic mass is 10.2. The van der Waals surface area contributed by atoms with Crippen LogP contribution in [0.5, 0.6) is 12.0 Å². The lowest BCUT2D eigenvalue weighted by Crippen LogP contribution is -2.30. The van der Waals surface area contributed by atoms with Crippen molar-refractivity contribution in [2.24, 2.45) is 0 Å². The van der Waals surface area contributed by atoms with E-state index in [2.05, 4.69) is 21.0 Å². The van der Waals surface area contributed by atoms with Gasteiger partial charge in [-0.15, -0.1) is 4.98 Å². The highest BCUT2D eigenvalue weighted by molar-refractivity contribution is 5.32. The smallest absolute Gasteiger partial charge is 0.324 e. The number of methoxy groups -OCH3 is 2. The van der Waals surface area contributed by atoms with Crippen LogP contribution < -0.4 is 14.4 Å². The van der Waals surface area contributed by atoms with E-state index >= 15 is 0 Å². The summed E-state index contributed by atoms with van der Waals surface area (Å²) in [4.78, 5) is 13.9. The van der Waals surface area contributed by atoms with Crippen molar-refractivity contribution in [3.8, 4) is 18.1 Å². The molecule has 7 heteroatoms. The molecular formula is C10H15N5O2. The third-order valence-electron chi connectivity index (χ3n) is 2.31. The van der Waals surface area contributed by atoms with Gasteiger partial charge in [0, 0.05) is 13.1 Å². The molecule has 0 saturated carbocycles. The zero-order chi connectivity index (χ0) is 12.8. The third kappa shape index (κ3) is 3.17. The summed E-state index contributed by atoms with van der Waals surface area (Å²) < 4.78 is 9.91. The highest BCUT2D eigenvalue weighted by Gasteiger charge is 2.15. The third-order valence-corrected chi connectivity index (χ3v) is 2.31. The molecule has 92 valence electrons. The van der Waals surface area contributed by atoms with E-state index in [0.717, 1.165) is 0 Å². The molecule has 1 unspecified atom stereocenters. The number of nitrogens with zero attached hydrogens (tertiary/aromatic N) is 5. The van der Waals surface area contributed by atoms with Gasteiger partial charge < -0.3 is 14.4 Å². The molecule has 0 aliphatic heterocycles. The number of ether oxygens (including phenoxy) is 2. The molecule has 0 radical (unpaired) electrons. The van der Waals surface area contributed by atoms with E-state index in [4.69, 9.17) is 14.7 Å². The Morgan fingerprint density at radius 1 is 1.24 bits per heavy atom. The van der Waals surface area contributed by atoms with Crippen molar-refractivity contribution in [1.29, 1.82) is 5.26 Å². The number of anilines is 1. The second-order valence-corrected chi connectivity index (χ2v) is 3.43. The van der Waals surface area contributed by atoms with Crippen LogP contribution in [0.25, 0.3) is 0 Å². The molecule has 1 heterocycles. The first-order chi connectivity index (χ1) is 8.12. The summed E-state index contributed by atoms with van der Waals surface area (Å²) in [5.41, 5.74) is 0. The molecular weight excluding hydrogens is 222 g/mol. The summed E-state index contributed by atoms with van der Waals surface area (Å²) in [7, 11) is 4.74. The van der Waals surface area contributed by atoms with Gasteiger partial charge in [-0.2, -0.15) is 15.2 Å². The molecule has 0 fully saturated rings. The number of nitriles is 1. The van der Waals surface area contributed by atoms with Crippen molar-refractivity contribution in [1.82, 2.24) is 15.0 Å². The van der Waals surface area contributed by atoms with Gasteiger partial charge >= 0.3 is 12.0 Å². The van der Waals surface area contributed by atoms with E-state index in [0.29, 0.717) is 12.4 Å². The van der Waals surface area contributed by atoms with Crippen LogP contribution in [-0.4, -0.2) is 42.3 Å². The van der Waals surface area contributed by atoms with Crippen LogP contribution in [0.3, 0.4) is 0 Å². The molecule has 0 N–H and O–H groups in total. The second kappa shape index (κ2) is 5.84. The highest BCUT2D eigenvalue weighted by Crippen LogP contribution is 2.17. The summed E-state index contributed by atoms with van der Waals surface area (Å²) in [5.74, 6) is 0.413. The van der Waals surface area contributed by atoms with E-state index in [-0.39, 0.29) is 18.1 Å². The number of rotatable bonds is 5. The van der Waals surface area contributed by atoms with Crippen LogP contribution in [0.1, 0.15) is 13.3 Å². The van der Waals surface area contributed by atoms with Gasteiger partial charge in [0.05, 0.1) is 26.7 Å². The van der Waals surface area contributed by atoms with E-state index in [1.165, 1.54) is 14.2 Å². The Morgan fingerprint density at radius 3 is 2.18 bits per heavy atom. The maximum absolute atomic E-state index is 8.65. The molecule has 1 rings (SSSR count). The van der Waals surface area contributed by atoms with Crippen LogP contribution in [0.4, 0.5) is 5.95 Å². The van der Waals surface area contributed by atoms with Crippen LogP contribution in [0, 0.1) is 11.3 Å². The molecule has 1 aromatic heterocycles. The summed E-state index contributed by atoms with van der Waals surface area (Å²) >= 11 is 0. The van der Waals surface area contributed by atoms with Crippen molar-refractivity contribution in [2.75, 3.05) is 26.2 Å². The first-order valence-electron chi connectivity index (χ1n) is 5.06. The van der Waals surface area contributed by atoms with E-state index in [1.807, 2.05) is 6.92 Å². The predicted octanol–water partition coefficient (Wildman–Crippen LogP) is 0.627. The number of aromatic nitrogens is 3. The van der Waals surface area contributed by atoms with E-state index < -0.39 is 0 Å². The van der Waals surface area contributed by atoms with E-state index in [1.54, 1.807) is 11.9 Å². The first-order valence-corrected chi connectivity index (χ1v) is 5.06. The summed E-state index contributed by atoms with van der Waals surface area (Å²) in [6.07, 6.45) is 0.382. The molecule has 0 saturated heterocycles. The Morgan fingerprint density at radius 2 is 1.76 bits per heavy atom. The summed E-state index contributed by atoms with van der Waals surface area (Å²) in [6.45, 7) is 1.91. The van der Waals surface area contributed by atoms with Crippen molar-refractivity contribution < 1.29 is 9.47 Å². The lowest BCUT2D eigenvalue weighted by molar-refractivity contribution is 0.339. The fourth-order valence-electron chi connectivity index (χ4n) is 1.13. The topological polar surface area (TPSA) is 84.2 Å². The van der Waals surface area contributed by atoms with Gasteiger partial charge in [-0.3, -0.25) is 0 Å². The predicted molar refractivity (Wildman–Crippen MR) is 61.0 cm³/mol. The van der Waals surface area contributed by atoms with Crippen LogP contribution in [-0.2, 0) is 0 Å². The molecule has 0 aliphatic rings. The average Bonchev–Trinajstić information content (AvgIpc) is 2.37. The van der Waals surface area contributed by atoms with E-state index in [9.17, 15) is 0 Å².